The molecule has 22 heavy (non-hydrogen) atoms. The van der Waals surface area contributed by atoms with E-state index in [9.17, 15) is 0 Å². The van der Waals surface area contributed by atoms with Crippen LogP contribution in [-0.4, -0.2) is 43.5 Å². The molecule has 1 aromatic carbocycles. The van der Waals surface area contributed by atoms with Crippen LogP contribution >= 0.6 is 12.4 Å². The number of benzene rings is 1. The molecular formula is C18H28ClNO2. The van der Waals surface area contributed by atoms with Crippen molar-refractivity contribution < 1.29 is 9.47 Å². The number of halogens is 1. The van der Waals surface area contributed by atoms with E-state index in [1.54, 1.807) is 0 Å². The topological polar surface area (TPSA) is 21.7 Å². The van der Waals surface area contributed by atoms with Crippen molar-refractivity contribution in [2.24, 2.45) is 0 Å². The number of hydrogen-bond acceptors (Lipinski definition) is 3. The smallest absolute Gasteiger partial charge is 0.168 e. The highest BCUT2D eigenvalue weighted by Crippen LogP contribution is 2.44. The van der Waals surface area contributed by atoms with E-state index in [1.807, 2.05) is 0 Å². The van der Waals surface area contributed by atoms with Crippen LogP contribution in [0.15, 0.2) is 30.3 Å². The van der Waals surface area contributed by atoms with Crippen molar-refractivity contribution in [2.45, 2.75) is 49.9 Å². The molecular weight excluding hydrogens is 298 g/mol. The third-order valence-electron chi connectivity index (χ3n) is 5.43. The summed E-state index contributed by atoms with van der Waals surface area (Å²) in [5, 5.41) is 0. The lowest BCUT2D eigenvalue weighted by molar-refractivity contribution is -0.192. The van der Waals surface area contributed by atoms with Gasteiger partial charge in [0, 0.05) is 18.4 Å². The first kappa shape index (κ1) is 17.7. The molecule has 1 aliphatic carbocycles. The molecule has 0 N–H and O–H groups in total. The molecule has 4 heteroatoms. The predicted octanol–water partition coefficient (Wildman–Crippen LogP) is 3.66. The van der Waals surface area contributed by atoms with Crippen molar-refractivity contribution in [3.8, 4) is 0 Å². The van der Waals surface area contributed by atoms with Crippen molar-refractivity contribution in [1.29, 1.82) is 0 Å². The molecule has 1 aromatic rings. The maximum Gasteiger partial charge on any atom is 0.168 e. The first-order chi connectivity index (χ1) is 10.1. The molecule has 124 valence electrons. The van der Waals surface area contributed by atoms with Crippen LogP contribution in [0.2, 0.25) is 0 Å². The lowest BCUT2D eigenvalue weighted by atomic mass is 9.74. The quantitative estimate of drug-likeness (QED) is 0.843. The van der Waals surface area contributed by atoms with E-state index in [0.717, 1.165) is 45.3 Å². The zero-order valence-electron chi connectivity index (χ0n) is 13.7. The lowest BCUT2D eigenvalue weighted by Crippen LogP contribution is -2.51. The highest BCUT2D eigenvalue weighted by atomic mass is 35.5. The molecule has 0 radical (unpaired) electrons. The Morgan fingerprint density at radius 2 is 1.55 bits per heavy atom. The Hall–Kier alpha value is -0.610. The van der Waals surface area contributed by atoms with Crippen LogP contribution in [0.5, 0.6) is 0 Å². The van der Waals surface area contributed by atoms with Gasteiger partial charge < -0.3 is 14.4 Å². The largest absolute Gasteiger partial charge is 0.348 e. The zero-order valence-corrected chi connectivity index (χ0v) is 14.5. The molecule has 0 bridgehead atoms. The maximum absolute atomic E-state index is 5.88. The number of nitrogens with zero attached hydrogens (tertiary/aromatic N) is 1. The number of rotatable bonds is 4. The van der Waals surface area contributed by atoms with Crippen LogP contribution in [-0.2, 0) is 15.9 Å². The zero-order chi connectivity index (χ0) is 14.8. The molecule has 3 rings (SSSR count). The molecule has 1 spiro atoms. The van der Waals surface area contributed by atoms with E-state index in [4.69, 9.17) is 9.47 Å². The minimum atomic E-state index is -0.258. The van der Waals surface area contributed by atoms with Crippen LogP contribution in [0.25, 0.3) is 0 Å². The van der Waals surface area contributed by atoms with Gasteiger partial charge in [0.15, 0.2) is 5.79 Å². The molecule has 2 fully saturated rings. The third kappa shape index (κ3) is 3.65. The normalized spacial score (nSPS) is 22.7. The van der Waals surface area contributed by atoms with Crippen LogP contribution < -0.4 is 0 Å². The first-order valence-corrected chi connectivity index (χ1v) is 8.14. The van der Waals surface area contributed by atoms with Crippen molar-refractivity contribution in [3.05, 3.63) is 35.9 Å². The molecule has 0 amide bonds. The Bertz CT molecular complexity index is 447. The van der Waals surface area contributed by atoms with Crippen LogP contribution in [0.1, 0.15) is 37.7 Å². The number of aryl methyl sites for hydroxylation is 1. The predicted molar refractivity (Wildman–Crippen MR) is 91.5 cm³/mol. The van der Waals surface area contributed by atoms with E-state index in [-0.39, 0.29) is 23.7 Å². The molecule has 1 saturated carbocycles. The third-order valence-corrected chi connectivity index (χ3v) is 5.43. The van der Waals surface area contributed by atoms with E-state index < -0.39 is 0 Å². The van der Waals surface area contributed by atoms with Gasteiger partial charge in [-0.05, 0) is 45.3 Å². The van der Waals surface area contributed by atoms with Crippen LogP contribution in [0, 0.1) is 0 Å². The summed E-state index contributed by atoms with van der Waals surface area (Å²) in [5.41, 5.74) is 1.73. The van der Waals surface area contributed by atoms with E-state index in [0.29, 0.717) is 0 Å². The Morgan fingerprint density at radius 1 is 0.955 bits per heavy atom. The van der Waals surface area contributed by atoms with Gasteiger partial charge in [-0.3, -0.25) is 0 Å². The monoisotopic (exact) mass is 325 g/mol. The summed E-state index contributed by atoms with van der Waals surface area (Å²) in [6.07, 6.45) is 6.73. The van der Waals surface area contributed by atoms with Gasteiger partial charge in [-0.2, -0.15) is 0 Å². The first-order valence-electron chi connectivity index (χ1n) is 8.14. The summed E-state index contributed by atoms with van der Waals surface area (Å²) < 4.78 is 11.8. The molecule has 0 aromatic heterocycles. The summed E-state index contributed by atoms with van der Waals surface area (Å²) in [5.74, 6) is -0.258. The SMILES string of the molecule is CN(C)C1(CCc2ccccc2)CCC2(CC1)OCCO2.Cl. The molecule has 0 unspecified atom stereocenters. The van der Waals surface area contributed by atoms with Crippen molar-refractivity contribution in [2.75, 3.05) is 27.3 Å². The molecule has 0 atom stereocenters. The Labute approximate surface area is 140 Å². The van der Waals surface area contributed by atoms with Gasteiger partial charge >= 0.3 is 0 Å². The highest BCUT2D eigenvalue weighted by Gasteiger charge is 2.46. The molecule has 2 aliphatic rings. The average Bonchev–Trinajstić information content (AvgIpc) is 2.96. The highest BCUT2D eigenvalue weighted by molar-refractivity contribution is 5.85. The summed E-state index contributed by atoms with van der Waals surface area (Å²) >= 11 is 0. The summed E-state index contributed by atoms with van der Waals surface area (Å²) in [6, 6.07) is 10.8. The van der Waals surface area contributed by atoms with Gasteiger partial charge in [0.25, 0.3) is 0 Å². The summed E-state index contributed by atoms with van der Waals surface area (Å²) in [4.78, 5) is 2.43. The van der Waals surface area contributed by atoms with Gasteiger partial charge in [0.05, 0.1) is 13.2 Å². The van der Waals surface area contributed by atoms with E-state index in [2.05, 4.69) is 49.3 Å². The van der Waals surface area contributed by atoms with E-state index >= 15 is 0 Å². The molecule has 1 heterocycles. The summed E-state index contributed by atoms with van der Waals surface area (Å²) in [6.45, 7) is 1.53. The van der Waals surface area contributed by atoms with Gasteiger partial charge in [-0.15, -0.1) is 12.4 Å². The Kier molecular flexibility index (Phi) is 5.89. The van der Waals surface area contributed by atoms with Crippen molar-refractivity contribution in [3.63, 3.8) is 0 Å². The van der Waals surface area contributed by atoms with Crippen molar-refractivity contribution >= 4 is 12.4 Å². The van der Waals surface area contributed by atoms with Gasteiger partial charge in [-0.25, -0.2) is 0 Å². The minimum Gasteiger partial charge on any atom is -0.348 e. The standard InChI is InChI=1S/C18H27NO2.ClH/c1-19(2)17(9-8-16-6-4-3-5-7-16)10-12-18(13-11-17)20-14-15-21-18;/h3-7H,8-15H2,1-2H3;1H. The van der Waals surface area contributed by atoms with Gasteiger partial charge in [0.1, 0.15) is 0 Å². The maximum atomic E-state index is 5.88. The number of ether oxygens (including phenoxy) is 2. The van der Waals surface area contributed by atoms with Gasteiger partial charge in [0.2, 0.25) is 0 Å². The second kappa shape index (κ2) is 7.31. The fourth-order valence-electron chi connectivity index (χ4n) is 3.82. The van der Waals surface area contributed by atoms with Gasteiger partial charge in [-0.1, -0.05) is 30.3 Å². The number of hydrogen-bond donors (Lipinski definition) is 0. The fourth-order valence-corrected chi connectivity index (χ4v) is 3.82. The molecule has 3 nitrogen and oxygen atoms in total. The summed E-state index contributed by atoms with van der Waals surface area (Å²) in [7, 11) is 4.44. The molecule has 1 saturated heterocycles. The minimum absolute atomic E-state index is 0. The van der Waals surface area contributed by atoms with Crippen LogP contribution in [0.3, 0.4) is 0 Å². The average molecular weight is 326 g/mol. The Balaban J connectivity index is 0.00000176. The fraction of sp³-hybridized carbons (Fsp3) is 0.667. The second-order valence-corrected chi connectivity index (χ2v) is 6.71. The molecule has 1 aliphatic heterocycles. The lowest BCUT2D eigenvalue weighted by Gasteiger charge is -2.47. The second-order valence-electron chi connectivity index (χ2n) is 6.71. The Morgan fingerprint density at radius 3 is 2.09 bits per heavy atom. The van der Waals surface area contributed by atoms with E-state index in [1.165, 1.54) is 12.0 Å². The van der Waals surface area contributed by atoms with Crippen molar-refractivity contribution in [1.82, 2.24) is 4.90 Å². The van der Waals surface area contributed by atoms with Crippen LogP contribution in [0.4, 0.5) is 0 Å².